The first-order valence-electron chi connectivity index (χ1n) is 5.86. The zero-order valence-electron chi connectivity index (χ0n) is 9.79. The van der Waals surface area contributed by atoms with Crippen LogP contribution < -0.4 is 5.32 Å². The van der Waals surface area contributed by atoms with Gasteiger partial charge in [-0.25, -0.2) is 0 Å². The van der Waals surface area contributed by atoms with Gasteiger partial charge in [0.05, 0.1) is 0 Å². The van der Waals surface area contributed by atoms with Crippen LogP contribution in [0.3, 0.4) is 0 Å². The maximum Gasteiger partial charge on any atom is 0.0221 e. The van der Waals surface area contributed by atoms with E-state index in [9.17, 15) is 0 Å². The molecule has 1 N–H and O–H groups in total. The van der Waals surface area contributed by atoms with Crippen LogP contribution >= 0.6 is 0 Å². The van der Waals surface area contributed by atoms with Gasteiger partial charge < -0.3 is 5.32 Å². The third-order valence-electron chi connectivity index (χ3n) is 2.84. The van der Waals surface area contributed by atoms with Gasteiger partial charge in [0, 0.05) is 31.7 Å². The molecule has 0 fully saturated rings. The van der Waals surface area contributed by atoms with Crippen molar-refractivity contribution in [2.75, 3.05) is 19.6 Å². The second-order valence-corrected chi connectivity index (χ2v) is 4.38. The lowest BCUT2D eigenvalue weighted by Gasteiger charge is -2.32. The SMILES string of the molecule is CCC(CNC(C)C)N1CC=CCC1. The van der Waals surface area contributed by atoms with Crippen LogP contribution in [0.25, 0.3) is 0 Å². The highest BCUT2D eigenvalue weighted by atomic mass is 15.2. The smallest absolute Gasteiger partial charge is 0.0221 e. The average molecular weight is 196 g/mol. The van der Waals surface area contributed by atoms with Gasteiger partial charge in [0.1, 0.15) is 0 Å². The predicted octanol–water partition coefficient (Wildman–Crippen LogP) is 2.02. The number of hydrogen-bond acceptors (Lipinski definition) is 2. The number of nitrogens with one attached hydrogen (secondary N) is 1. The molecule has 0 amide bonds. The molecule has 2 heteroatoms. The van der Waals surface area contributed by atoms with E-state index in [4.69, 9.17) is 0 Å². The second kappa shape index (κ2) is 6.20. The summed E-state index contributed by atoms with van der Waals surface area (Å²) in [6.45, 7) is 10.2. The van der Waals surface area contributed by atoms with Crippen molar-refractivity contribution in [3.63, 3.8) is 0 Å². The lowest BCUT2D eigenvalue weighted by molar-refractivity contribution is 0.200. The van der Waals surface area contributed by atoms with Gasteiger partial charge in [-0.2, -0.15) is 0 Å². The first kappa shape index (κ1) is 11.7. The number of hydrogen-bond donors (Lipinski definition) is 1. The van der Waals surface area contributed by atoms with Crippen molar-refractivity contribution in [3.05, 3.63) is 12.2 Å². The van der Waals surface area contributed by atoms with Crippen molar-refractivity contribution in [3.8, 4) is 0 Å². The molecule has 0 aromatic rings. The van der Waals surface area contributed by atoms with E-state index in [0.717, 1.165) is 13.1 Å². The van der Waals surface area contributed by atoms with Crippen molar-refractivity contribution in [2.45, 2.75) is 45.7 Å². The van der Waals surface area contributed by atoms with E-state index in [-0.39, 0.29) is 0 Å². The minimum absolute atomic E-state index is 0.601. The number of nitrogens with zero attached hydrogens (tertiary/aromatic N) is 1. The zero-order chi connectivity index (χ0) is 10.4. The summed E-state index contributed by atoms with van der Waals surface area (Å²) >= 11 is 0. The Kier molecular flexibility index (Phi) is 5.20. The van der Waals surface area contributed by atoms with Crippen LogP contribution in [0.15, 0.2) is 12.2 Å². The Balaban J connectivity index is 2.32. The van der Waals surface area contributed by atoms with Gasteiger partial charge >= 0.3 is 0 Å². The zero-order valence-corrected chi connectivity index (χ0v) is 9.79. The molecule has 0 aliphatic carbocycles. The van der Waals surface area contributed by atoms with E-state index in [1.54, 1.807) is 0 Å². The molecule has 2 nitrogen and oxygen atoms in total. The first-order valence-corrected chi connectivity index (χ1v) is 5.86. The Labute approximate surface area is 88.4 Å². The lowest BCUT2D eigenvalue weighted by atomic mass is 10.1. The summed E-state index contributed by atoms with van der Waals surface area (Å²) in [5.41, 5.74) is 0. The summed E-state index contributed by atoms with van der Waals surface area (Å²) in [5, 5.41) is 3.53. The fourth-order valence-electron chi connectivity index (χ4n) is 1.89. The summed E-state index contributed by atoms with van der Waals surface area (Å²) in [4.78, 5) is 2.58. The van der Waals surface area contributed by atoms with Crippen molar-refractivity contribution in [1.29, 1.82) is 0 Å². The molecule has 0 aromatic heterocycles. The largest absolute Gasteiger partial charge is 0.313 e. The summed E-state index contributed by atoms with van der Waals surface area (Å²) < 4.78 is 0. The van der Waals surface area contributed by atoms with E-state index < -0.39 is 0 Å². The quantitative estimate of drug-likeness (QED) is 0.677. The van der Waals surface area contributed by atoms with Gasteiger partial charge in [-0.05, 0) is 12.8 Å². The molecule has 1 aliphatic rings. The molecule has 0 saturated carbocycles. The fourth-order valence-corrected chi connectivity index (χ4v) is 1.89. The molecular formula is C12H24N2. The molecule has 0 bridgehead atoms. The molecule has 82 valence electrons. The Morgan fingerprint density at radius 1 is 1.36 bits per heavy atom. The topological polar surface area (TPSA) is 15.3 Å². The molecule has 14 heavy (non-hydrogen) atoms. The van der Waals surface area contributed by atoms with Crippen LogP contribution in [-0.2, 0) is 0 Å². The van der Waals surface area contributed by atoms with Gasteiger partial charge in [0.15, 0.2) is 0 Å². The van der Waals surface area contributed by atoms with Crippen molar-refractivity contribution in [1.82, 2.24) is 10.2 Å². The summed E-state index contributed by atoms with van der Waals surface area (Å²) in [6.07, 6.45) is 7.05. The maximum absolute atomic E-state index is 3.53. The fraction of sp³-hybridized carbons (Fsp3) is 0.833. The van der Waals surface area contributed by atoms with Gasteiger partial charge in [-0.15, -0.1) is 0 Å². The lowest BCUT2D eigenvalue weighted by Crippen LogP contribution is -2.44. The van der Waals surface area contributed by atoms with Crippen LogP contribution in [0, 0.1) is 0 Å². The first-order chi connectivity index (χ1) is 6.74. The van der Waals surface area contributed by atoms with Crippen molar-refractivity contribution >= 4 is 0 Å². The molecule has 0 saturated heterocycles. The van der Waals surface area contributed by atoms with Gasteiger partial charge in [0.25, 0.3) is 0 Å². The molecule has 1 rings (SSSR count). The molecule has 0 spiro atoms. The van der Waals surface area contributed by atoms with Crippen molar-refractivity contribution < 1.29 is 0 Å². The third kappa shape index (κ3) is 3.81. The maximum atomic E-state index is 3.53. The molecule has 0 aromatic carbocycles. The Bertz CT molecular complexity index is 175. The normalized spacial score (nSPS) is 20.3. The Hall–Kier alpha value is -0.340. The van der Waals surface area contributed by atoms with E-state index >= 15 is 0 Å². The van der Waals surface area contributed by atoms with Gasteiger partial charge in [-0.1, -0.05) is 32.9 Å². The molecular weight excluding hydrogens is 172 g/mol. The highest BCUT2D eigenvalue weighted by Gasteiger charge is 2.16. The summed E-state index contributed by atoms with van der Waals surface area (Å²) in [6, 6.07) is 1.31. The van der Waals surface area contributed by atoms with Gasteiger partial charge in [-0.3, -0.25) is 4.90 Å². The van der Waals surface area contributed by atoms with E-state index in [1.165, 1.54) is 19.4 Å². The molecule has 1 atom stereocenters. The van der Waals surface area contributed by atoms with Crippen molar-refractivity contribution in [2.24, 2.45) is 0 Å². The molecule has 0 radical (unpaired) electrons. The second-order valence-electron chi connectivity index (χ2n) is 4.38. The number of rotatable bonds is 5. The highest BCUT2D eigenvalue weighted by Crippen LogP contribution is 2.09. The molecule has 1 unspecified atom stereocenters. The van der Waals surface area contributed by atoms with Crippen LogP contribution in [-0.4, -0.2) is 36.6 Å². The van der Waals surface area contributed by atoms with Crippen LogP contribution in [0.2, 0.25) is 0 Å². The van der Waals surface area contributed by atoms with E-state index in [0.29, 0.717) is 12.1 Å². The minimum Gasteiger partial charge on any atom is -0.313 e. The monoisotopic (exact) mass is 196 g/mol. The average Bonchev–Trinajstić information content (AvgIpc) is 2.20. The van der Waals surface area contributed by atoms with E-state index in [2.05, 4.69) is 43.1 Å². The summed E-state index contributed by atoms with van der Waals surface area (Å²) in [7, 11) is 0. The Morgan fingerprint density at radius 2 is 2.14 bits per heavy atom. The third-order valence-corrected chi connectivity index (χ3v) is 2.84. The van der Waals surface area contributed by atoms with E-state index in [1.807, 2.05) is 0 Å². The Morgan fingerprint density at radius 3 is 2.64 bits per heavy atom. The standard InChI is InChI=1S/C12H24N2/c1-4-12(10-13-11(2)3)14-8-6-5-7-9-14/h5-6,11-13H,4,7-10H2,1-3H3. The van der Waals surface area contributed by atoms with Crippen LogP contribution in [0.1, 0.15) is 33.6 Å². The summed E-state index contributed by atoms with van der Waals surface area (Å²) in [5.74, 6) is 0. The molecule has 1 heterocycles. The van der Waals surface area contributed by atoms with Crippen LogP contribution in [0.5, 0.6) is 0 Å². The minimum atomic E-state index is 0.601. The molecule has 1 aliphatic heterocycles. The van der Waals surface area contributed by atoms with Gasteiger partial charge in [0.2, 0.25) is 0 Å². The predicted molar refractivity (Wildman–Crippen MR) is 62.5 cm³/mol. The highest BCUT2D eigenvalue weighted by molar-refractivity contribution is 4.93. The van der Waals surface area contributed by atoms with Crippen LogP contribution in [0.4, 0.5) is 0 Å².